The number of benzene rings is 1. The lowest BCUT2D eigenvalue weighted by molar-refractivity contribution is 0.688. The zero-order chi connectivity index (χ0) is 12.1. The first-order valence-corrected chi connectivity index (χ1v) is 6.88. The van der Waals surface area contributed by atoms with Gasteiger partial charge in [-0.25, -0.2) is 0 Å². The molecule has 0 bridgehead atoms. The van der Waals surface area contributed by atoms with Crippen LogP contribution < -0.4 is 5.32 Å². The van der Waals surface area contributed by atoms with E-state index in [0.717, 1.165) is 22.0 Å². The molecule has 0 radical (unpaired) electrons. The molecule has 2 aromatic rings. The maximum atomic E-state index is 4.09. The van der Waals surface area contributed by atoms with Crippen molar-refractivity contribution in [3.8, 4) is 0 Å². The van der Waals surface area contributed by atoms with E-state index in [0.29, 0.717) is 0 Å². The van der Waals surface area contributed by atoms with Crippen molar-refractivity contribution in [1.82, 2.24) is 10.3 Å². The van der Waals surface area contributed by atoms with Gasteiger partial charge in [0.25, 0.3) is 0 Å². The Labute approximate surface area is 118 Å². The number of hydrogen-bond acceptors (Lipinski definition) is 2. The molecule has 1 heterocycles. The van der Waals surface area contributed by atoms with E-state index in [1.165, 1.54) is 11.1 Å². The second-order valence-corrected chi connectivity index (χ2v) is 5.38. The predicted octanol–water partition coefficient (Wildman–Crippen LogP) is 3.90. The number of rotatable bonds is 4. The van der Waals surface area contributed by atoms with Gasteiger partial charge in [0.05, 0.1) is 0 Å². The summed E-state index contributed by atoms with van der Waals surface area (Å²) in [5.41, 5.74) is 2.48. The molecule has 0 unspecified atom stereocenters. The number of nitrogens with zero attached hydrogens (tertiary/aromatic N) is 1. The van der Waals surface area contributed by atoms with E-state index in [9.17, 15) is 0 Å². The Morgan fingerprint density at radius 2 is 1.59 bits per heavy atom. The van der Waals surface area contributed by atoms with Crippen LogP contribution in [0.5, 0.6) is 0 Å². The van der Waals surface area contributed by atoms with Gasteiger partial charge in [-0.15, -0.1) is 0 Å². The van der Waals surface area contributed by atoms with E-state index in [4.69, 9.17) is 0 Å². The number of pyridine rings is 1. The fourth-order valence-corrected chi connectivity index (χ4v) is 2.74. The predicted molar refractivity (Wildman–Crippen MR) is 76.6 cm³/mol. The number of hydrogen-bond donors (Lipinski definition) is 1. The molecule has 17 heavy (non-hydrogen) atoms. The fourth-order valence-electron chi connectivity index (χ4n) is 1.53. The molecule has 0 aliphatic rings. The van der Waals surface area contributed by atoms with Crippen LogP contribution in [0.3, 0.4) is 0 Å². The minimum absolute atomic E-state index is 0.804. The summed E-state index contributed by atoms with van der Waals surface area (Å²) in [6, 6.07) is 10.4. The van der Waals surface area contributed by atoms with Crippen molar-refractivity contribution < 1.29 is 0 Å². The SMILES string of the molecule is Brc1cncc(Br)c1CNCc1ccccc1. The maximum absolute atomic E-state index is 4.09. The molecule has 0 aliphatic heterocycles. The average molecular weight is 356 g/mol. The summed E-state index contributed by atoms with van der Waals surface area (Å²) < 4.78 is 2.04. The van der Waals surface area contributed by atoms with Gasteiger partial charge in [-0.3, -0.25) is 4.98 Å². The quantitative estimate of drug-likeness (QED) is 0.899. The van der Waals surface area contributed by atoms with Crippen LogP contribution >= 0.6 is 31.9 Å². The van der Waals surface area contributed by atoms with Gasteiger partial charge in [0.2, 0.25) is 0 Å². The number of halogens is 2. The second-order valence-electron chi connectivity index (χ2n) is 3.67. The molecule has 1 aromatic heterocycles. The lowest BCUT2D eigenvalue weighted by Crippen LogP contribution is -2.13. The first-order valence-electron chi connectivity index (χ1n) is 5.30. The summed E-state index contributed by atoms with van der Waals surface area (Å²) in [7, 11) is 0. The first-order chi connectivity index (χ1) is 8.27. The highest BCUT2D eigenvalue weighted by Gasteiger charge is 2.04. The summed E-state index contributed by atoms with van der Waals surface area (Å²) in [4.78, 5) is 4.09. The summed E-state index contributed by atoms with van der Waals surface area (Å²) in [5.74, 6) is 0. The third kappa shape index (κ3) is 3.63. The van der Waals surface area contributed by atoms with Crippen molar-refractivity contribution in [3.63, 3.8) is 0 Å². The van der Waals surface area contributed by atoms with Crippen LogP contribution in [-0.2, 0) is 13.1 Å². The monoisotopic (exact) mass is 354 g/mol. The molecule has 0 saturated carbocycles. The molecule has 0 spiro atoms. The standard InChI is InChI=1S/C13H12Br2N2/c14-12-8-17-9-13(15)11(12)7-16-6-10-4-2-1-3-5-10/h1-5,8-9,16H,6-7H2. The third-order valence-electron chi connectivity index (χ3n) is 2.43. The molecule has 2 nitrogen and oxygen atoms in total. The lowest BCUT2D eigenvalue weighted by Gasteiger charge is -2.08. The van der Waals surface area contributed by atoms with Gasteiger partial charge in [-0.05, 0) is 43.0 Å². The van der Waals surface area contributed by atoms with Crippen LogP contribution in [0.15, 0.2) is 51.7 Å². The van der Waals surface area contributed by atoms with Crippen LogP contribution in [0.1, 0.15) is 11.1 Å². The van der Waals surface area contributed by atoms with E-state index >= 15 is 0 Å². The van der Waals surface area contributed by atoms with Crippen molar-refractivity contribution in [2.24, 2.45) is 0 Å². The van der Waals surface area contributed by atoms with Gasteiger partial charge in [0.15, 0.2) is 0 Å². The number of aromatic nitrogens is 1. The number of nitrogens with one attached hydrogen (secondary N) is 1. The van der Waals surface area contributed by atoms with E-state index < -0.39 is 0 Å². The minimum Gasteiger partial charge on any atom is -0.309 e. The molecule has 88 valence electrons. The van der Waals surface area contributed by atoms with E-state index in [2.05, 4.69) is 66.4 Å². The molecule has 0 amide bonds. The Morgan fingerprint density at radius 1 is 0.941 bits per heavy atom. The maximum Gasteiger partial charge on any atom is 0.0415 e. The molecule has 1 N–H and O–H groups in total. The van der Waals surface area contributed by atoms with Crippen LogP contribution in [0.4, 0.5) is 0 Å². The lowest BCUT2D eigenvalue weighted by atomic mass is 10.2. The molecule has 2 rings (SSSR count). The highest BCUT2D eigenvalue weighted by Crippen LogP contribution is 2.23. The highest BCUT2D eigenvalue weighted by atomic mass is 79.9. The van der Waals surface area contributed by atoms with Crippen LogP contribution in [-0.4, -0.2) is 4.98 Å². The third-order valence-corrected chi connectivity index (χ3v) is 3.79. The van der Waals surface area contributed by atoms with E-state index in [-0.39, 0.29) is 0 Å². The van der Waals surface area contributed by atoms with Crippen molar-refractivity contribution >= 4 is 31.9 Å². The van der Waals surface area contributed by atoms with E-state index in [1.54, 1.807) is 0 Å². The van der Waals surface area contributed by atoms with Crippen LogP contribution in [0.25, 0.3) is 0 Å². The summed E-state index contributed by atoms with van der Waals surface area (Å²) in [6.45, 7) is 1.67. The molecule has 1 aromatic carbocycles. The Bertz CT molecular complexity index is 466. The van der Waals surface area contributed by atoms with Crippen molar-refractivity contribution in [2.75, 3.05) is 0 Å². The molecule has 0 fully saturated rings. The topological polar surface area (TPSA) is 24.9 Å². The Kier molecular flexibility index (Phi) is 4.71. The second kappa shape index (κ2) is 6.28. The zero-order valence-corrected chi connectivity index (χ0v) is 12.3. The smallest absolute Gasteiger partial charge is 0.0415 e. The molecule has 0 aliphatic carbocycles. The van der Waals surface area contributed by atoms with Crippen molar-refractivity contribution in [2.45, 2.75) is 13.1 Å². The van der Waals surface area contributed by atoms with Crippen LogP contribution in [0, 0.1) is 0 Å². The largest absolute Gasteiger partial charge is 0.309 e. The molecule has 4 heteroatoms. The van der Waals surface area contributed by atoms with Gasteiger partial charge < -0.3 is 5.32 Å². The Hall–Kier alpha value is -0.710. The molecule has 0 atom stereocenters. The molecular formula is C13H12Br2N2. The van der Waals surface area contributed by atoms with Gasteiger partial charge >= 0.3 is 0 Å². The van der Waals surface area contributed by atoms with Crippen LogP contribution in [0.2, 0.25) is 0 Å². The first kappa shape index (κ1) is 12.7. The summed E-state index contributed by atoms with van der Waals surface area (Å²) >= 11 is 7.00. The highest BCUT2D eigenvalue weighted by molar-refractivity contribution is 9.11. The van der Waals surface area contributed by atoms with Crippen molar-refractivity contribution in [3.05, 3.63) is 62.8 Å². The van der Waals surface area contributed by atoms with Gasteiger partial charge in [0, 0.05) is 34.4 Å². The summed E-state index contributed by atoms with van der Waals surface area (Å²) in [6.07, 6.45) is 3.62. The summed E-state index contributed by atoms with van der Waals surface area (Å²) in [5, 5.41) is 3.41. The zero-order valence-electron chi connectivity index (χ0n) is 9.16. The van der Waals surface area contributed by atoms with Gasteiger partial charge in [0.1, 0.15) is 0 Å². The van der Waals surface area contributed by atoms with Gasteiger partial charge in [-0.1, -0.05) is 30.3 Å². The van der Waals surface area contributed by atoms with Gasteiger partial charge in [-0.2, -0.15) is 0 Å². The fraction of sp³-hybridized carbons (Fsp3) is 0.154. The minimum atomic E-state index is 0.804. The van der Waals surface area contributed by atoms with E-state index in [1.807, 2.05) is 18.5 Å². The normalized spacial score (nSPS) is 10.5. The molecule has 0 saturated heterocycles. The average Bonchev–Trinajstić information content (AvgIpc) is 2.34. The Morgan fingerprint density at radius 3 is 2.24 bits per heavy atom. The van der Waals surface area contributed by atoms with Crippen molar-refractivity contribution in [1.29, 1.82) is 0 Å². The molecular weight excluding hydrogens is 344 g/mol. The Balaban J connectivity index is 1.95.